The highest BCUT2D eigenvalue weighted by Crippen LogP contribution is 2.27. The number of nitrogens with zero attached hydrogens (tertiary/aromatic N) is 1. The molecule has 1 saturated carbocycles. The third kappa shape index (κ3) is 2.94. The van der Waals surface area contributed by atoms with E-state index in [0.717, 1.165) is 30.7 Å². The first-order valence-electron chi connectivity index (χ1n) is 6.40. The van der Waals surface area contributed by atoms with E-state index in [4.69, 9.17) is 10.5 Å². The van der Waals surface area contributed by atoms with Gasteiger partial charge in [0.15, 0.2) is 6.61 Å². The zero-order valence-electron chi connectivity index (χ0n) is 11.0. The van der Waals surface area contributed by atoms with E-state index in [1.54, 1.807) is 6.07 Å². The van der Waals surface area contributed by atoms with E-state index in [9.17, 15) is 4.79 Å². The van der Waals surface area contributed by atoms with Gasteiger partial charge in [-0.15, -0.1) is 0 Å². The zero-order valence-corrected chi connectivity index (χ0v) is 11.0. The van der Waals surface area contributed by atoms with Crippen LogP contribution in [0.3, 0.4) is 0 Å². The summed E-state index contributed by atoms with van der Waals surface area (Å²) in [5, 5.41) is 0. The second kappa shape index (κ2) is 5.29. The van der Waals surface area contributed by atoms with Crippen LogP contribution in [-0.4, -0.2) is 30.0 Å². The van der Waals surface area contributed by atoms with Crippen LogP contribution in [0, 0.1) is 6.92 Å². The van der Waals surface area contributed by atoms with Crippen molar-refractivity contribution in [2.24, 2.45) is 0 Å². The first-order valence-corrected chi connectivity index (χ1v) is 6.40. The molecule has 0 aliphatic heterocycles. The van der Waals surface area contributed by atoms with Gasteiger partial charge in [0.2, 0.25) is 0 Å². The molecule has 2 N–H and O–H groups in total. The lowest BCUT2D eigenvalue weighted by atomic mass is 10.2. The summed E-state index contributed by atoms with van der Waals surface area (Å²) in [4.78, 5) is 13.9. The molecule has 1 aromatic carbocycles. The Kier molecular flexibility index (Phi) is 3.75. The van der Waals surface area contributed by atoms with E-state index in [1.165, 1.54) is 0 Å². The standard InChI is InChI=1S/C14H20N2O2/c1-3-16(12-5-6-12)14(17)9-18-13-7-4-11(15)8-10(13)2/h4,7-8,12H,3,5-6,9,15H2,1-2H3. The average Bonchev–Trinajstić information content (AvgIpc) is 3.13. The molecule has 0 heterocycles. The molecular weight excluding hydrogens is 228 g/mol. The minimum absolute atomic E-state index is 0.0659. The number of benzene rings is 1. The van der Waals surface area contributed by atoms with Crippen LogP contribution < -0.4 is 10.5 Å². The summed E-state index contributed by atoms with van der Waals surface area (Å²) in [7, 11) is 0. The van der Waals surface area contributed by atoms with Crippen LogP contribution >= 0.6 is 0 Å². The molecule has 1 fully saturated rings. The maximum atomic E-state index is 12.0. The van der Waals surface area contributed by atoms with Crippen LogP contribution in [0.4, 0.5) is 5.69 Å². The van der Waals surface area contributed by atoms with Crippen molar-refractivity contribution in [3.8, 4) is 5.75 Å². The van der Waals surface area contributed by atoms with Gasteiger partial charge in [0.1, 0.15) is 5.75 Å². The number of nitrogens with two attached hydrogens (primary N) is 1. The number of anilines is 1. The Labute approximate surface area is 108 Å². The van der Waals surface area contributed by atoms with Gasteiger partial charge in [-0.05, 0) is 50.5 Å². The first-order chi connectivity index (χ1) is 8.61. The molecule has 0 aromatic heterocycles. The summed E-state index contributed by atoms with van der Waals surface area (Å²) in [6.07, 6.45) is 2.25. The van der Waals surface area contributed by atoms with Gasteiger partial charge in [-0.3, -0.25) is 4.79 Å². The average molecular weight is 248 g/mol. The fourth-order valence-corrected chi connectivity index (χ4v) is 2.08. The van der Waals surface area contributed by atoms with Gasteiger partial charge in [-0.1, -0.05) is 0 Å². The Morgan fingerprint density at radius 3 is 2.78 bits per heavy atom. The van der Waals surface area contributed by atoms with E-state index in [-0.39, 0.29) is 12.5 Å². The van der Waals surface area contributed by atoms with Crippen molar-refractivity contribution in [1.29, 1.82) is 0 Å². The van der Waals surface area contributed by atoms with Crippen molar-refractivity contribution in [3.05, 3.63) is 23.8 Å². The third-order valence-electron chi connectivity index (χ3n) is 3.20. The van der Waals surface area contributed by atoms with Crippen molar-refractivity contribution in [2.75, 3.05) is 18.9 Å². The van der Waals surface area contributed by atoms with Crippen molar-refractivity contribution in [2.45, 2.75) is 32.7 Å². The van der Waals surface area contributed by atoms with Crippen LogP contribution in [0.5, 0.6) is 5.75 Å². The summed E-state index contributed by atoms with van der Waals surface area (Å²) in [5.74, 6) is 0.792. The highest BCUT2D eigenvalue weighted by molar-refractivity contribution is 5.78. The van der Waals surface area contributed by atoms with E-state index >= 15 is 0 Å². The fourth-order valence-electron chi connectivity index (χ4n) is 2.08. The quantitative estimate of drug-likeness (QED) is 0.810. The molecule has 1 aromatic rings. The molecular formula is C14H20N2O2. The normalized spacial score (nSPS) is 14.3. The van der Waals surface area contributed by atoms with Gasteiger partial charge in [0, 0.05) is 18.3 Å². The number of rotatable bonds is 5. The Balaban J connectivity index is 1.92. The lowest BCUT2D eigenvalue weighted by molar-refractivity contribution is -0.133. The smallest absolute Gasteiger partial charge is 0.260 e. The molecule has 0 atom stereocenters. The first kappa shape index (κ1) is 12.7. The maximum absolute atomic E-state index is 12.0. The Bertz CT molecular complexity index is 441. The summed E-state index contributed by atoms with van der Waals surface area (Å²) in [5.41, 5.74) is 7.33. The Morgan fingerprint density at radius 1 is 1.50 bits per heavy atom. The summed E-state index contributed by atoms with van der Waals surface area (Å²) >= 11 is 0. The van der Waals surface area contributed by atoms with Gasteiger partial charge in [0.25, 0.3) is 5.91 Å². The molecule has 4 nitrogen and oxygen atoms in total. The van der Waals surface area contributed by atoms with Crippen molar-refractivity contribution in [3.63, 3.8) is 0 Å². The van der Waals surface area contributed by atoms with E-state index in [0.29, 0.717) is 11.7 Å². The molecule has 0 saturated heterocycles. The molecule has 4 heteroatoms. The third-order valence-corrected chi connectivity index (χ3v) is 3.20. The van der Waals surface area contributed by atoms with Gasteiger partial charge in [0.05, 0.1) is 0 Å². The molecule has 0 radical (unpaired) electrons. The molecule has 0 unspecified atom stereocenters. The predicted octanol–water partition coefficient (Wildman–Crippen LogP) is 1.97. The molecule has 18 heavy (non-hydrogen) atoms. The number of ether oxygens (including phenoxy) is 1. The summed E-state index contributed by atoms with van der Waals surface area (Å²) < 4.78 is 5.57. The number of aryl methyl sites for hydroxylation is 1. The number of hydrogen-bond donors (Lipinski definition) is 1. The van der Waals surface area contributed by atoms with Crippen LogP contribution in [0.2, 0.25) is 0 Å². The SMILES string of the molecule is CCN(C(=O)COc1ccc(N)cc1C)C1CC1. The fraction of sp³-hybridized carbons (Fsp3) is 0.500. The van der Waals surface area contributed by atoms with Crippen molar-refractivity contribution < 1.29 is 9.53 Å². The molecule has 1 amide bonds. The predicted molar refractivity (Wildman–Crippen MR) is 71.5 cm³/mol. The number of carbonyl (C=O) groups is 1. The highest BCUT2D eigenvalue weighted by atomic mass is 16.5. The number of amides is 1. The zero-order chi connectivity index (χ0) is 13.1. The number of carbonyl (C=O) groups excluding carboxylic acids is 1. The number of nitrogen functional groups attached to an aromatic ring is 1. The van der Waals surface area contributed by atoms with Crippen LogP contribution in [-0.2, 0) is 4.79 Å². The second-order valence-corrected chi connectivity index (χ2v) is 4.72. The van der Waals surface area contributed by atoms with E-state index in [2.05, 4.69) is 0 Å². The van der Waals surface area contributed by atoms with Crippen molar-refractivity contribution in [1.82, 2.24) is 4.90 Å². The van der Waals surface area contributed by atoms with Crippen LogP contribution in [0.25, 0.3) is 0 Å². The minimum atomic E-state index is 0.0659. The number of hydrogen-bond acceptors (Lipinski definition) is 3. The summed E-state index contributed by atoms with van der Waals surface area (Å²) in [6, 6.07) is 5.88. The second-order valence-electron chi connectivity index (χ2n) is 4.72. The van der Waals surface area contributed by atoms with Gasteiger partial charge < -0.3 is 15.4 Å². The monoisotopic (exact) mass is 248 g/mol. The molecule has 98 valence electrons. The lowest BCUT2D eigenvalue weighted by Gasteiger charge is -2.20. The molecule has 1 aliphatic rings. The maximum Gasteiger partial charge on any atom is 0.260 e. The van der Waals surface area contributed by atoms with Crippen molar-refractivity contribution >= 4 is 11.6 Å². The highest BCUT2D eigenvalue weighted by Gasteiger charge is 2.31. The lowest BCUT2D eigenvalue weighted by Crippen LogP contribution is -2.36. The topological polar surface area (TPSA) is 55.6 Å². The van der Waals surface area contributed by atoms with Crippen LogP contribution in [0.1, 0.15) is 25.3 Å². The summed E-state index contributed by atoms with van der Waals surface area (Å²) in [6.45, 7) is 4.79. The largest absolute Gasteiger partial charge is 0.483 e. The van der Waals surface area contributed by atoms with Crippen LogP contribution in [0.15, 0.2) is 18.2 Å². The number of likely N-dealkylation sites (N-methyl/N-ethyl adjacent to an activating group) is 1. The van der Waals surface area contributed by atoms with Gasteiger partial charge in [-0.2, -0.15) is 0 Å². The van der Waals surface area contributed by atoms with E-state index in [1.807, 2.05) is 30.9 Å². The molecule has 0 bridgehead atoms. The Morgan fingerprint density at radius 2 is 2.22 bits per heavy atom. The molecule has 2 rings (SSSR count). The van der Waals surface area contributed by atoms with Gasteiger partial charge >= 0.3 is 0 Å². The van der Waals surface area contributed by atoms with E-state index < -0.39 is 0 Å². The van der Waals surface area contributed by atoms with Gasteiger partial charge in [-0.25, -0.2) is 0 Å². The minimum Gasteiger partial charge on any atom is -0.483 e. The molecule has 0 spiro atoms. The Hall–Kier alpha value is -1.71. The molecule has 1 aliphatic carbocycles.